The molecule has 33 heavy (non-hydrogen) atoms. The van der Waals surface area contributed by atoms with Crippen molar-refractivity contribution in [3.05, 3.63) is 63.1 Å². The van der Waals surface area contributed by atoms with Crippen LogP contribution in [0.3, 0.4) is 0 Å². The van der Waals surface area contributed by atoms with Crippen molar-refractivity contribution in [1.82, 2.24) is 9.97 Å². The minimum Gasteiger partial charge on any atom is -0.495 e. The van der Waals surface area contributed by atoms with Gasteiger partial charge in [-0.05, 0) is 25.1 Å². The Labute approximate surface area is 194 Å². The number of carbonyl (C=O) groups is 2. The van der Waals surface area contributed by atoms with Gasteiger partial charge < -0.3 is 10.1 Å². The van der Waals surface area contributed by atoms with E-state index in [9.17, 15) is 19.7 Å². The van der Waals surface area contributed by atoms with Crippen LogP contribution in [0.15, 0.2) is 42.5 Å². The lowest BCUT2D eigenvalue weighted by Crippen LogP contribution is -2.19. The van der Waals surface area contributed by atoms with E-state index in [2.05, 4.69) is 25.9 Å². The first-order chi connectivity index (χ1) is 15.8. The summed E-state index contributed by atoms with van der Waals surface area (Å²) in [5, 5.41) is 19.4. The normalized spacial score (nSPS) is 10.6. The van der Waals surface area contributed by atoms with Gasteiger partial charge in [0.2, 0.25) is 0 Å². The number of nitrogens with one attached hydrogen (secondary N) is 3. The van der Waals surface area contributed by atoms with Crippen LogP contribution in [0.2, 0.25) is 0 Å². The maximum absolute atomic E-state index is 12.7. The molecular formula is C20H16N6O5S2. The minimum atomic E-state index is -0.534. The van der Waals surface area contributed by atoms with E-state index in [0.29, 0.717) is 37.4 Å². The number of benzene rings is 2. The number of anilines is 3. The predicted octanol–water partition coefficient (Wildman–Crippen LogP) is 4.87. The van der Waals surface area contributed by atoms with Crippen molar-refractivity contribution in [3.63, 3.8) is 0 Å². The highest BCUT2D eigenvalue weighted by Crippen LogP contribution is 2.31. The van der Waals surface area contributed by atoms with Crippen molar-refractivity contribution in [2.75, 3.05) is 23.1 Å². The number of hydrogen-bond donors (Lipinski definition) is 3. The molecule has 0 radical (unpaired) electrons. The van der Waals surface area contributed by atoms with Crippen LogP contribution in [0.25, 0.3) is 10.2 Å². The molecule has 0 saturated carbocycles. The molecule has 2 heterocycles. The summed E-state index contributed by atoms with van der Waals surface area (Å²) in [5.41, 5.74) is 1.41. The van der Waals surface area contributed by atoms with E-state index in [1.165, 1.54) is 25.3 Å². The Hall–Kier alpha value is -4.10. The van der Waals surface area contributed by atoms with Gasteiger partial charge in [-0.3, -0.25) is 25.5 Å². The minimum absolute atomic E-state index is 0.0514. The van der Waals surface area contributed by atoms with Gasteiger partial charge in [0.1, 0.15) is 10.6 Å². The Bertz CT molecular complexity index is 1380. The molecule has 0 spiro atoms. The van der Waals surface area contributed by atoms with Gasteiger partial charge >= 0.3 is 6.03 Å². The Balaban J connectivity index is 1.45. The Morgan fingerprint density at radius 2 is 1.79 bits per heavy atom. The molecule has 0 aliphatic rings. The van der Waals surface area contributed by atoms with Gasteiger partial charge in [0.15, 0.2) is 10.3 Å². The summed E-state index contributed by atoms with van der Waals surface area (Å²) >= 11 is 2.14. The Kier molecular flexibility index (Phi) is 6.15. The lowest BCUT2D eigenvalue weighted by atomic mass is 10.3. The standard InChI is InChI=1S/C20H16N6O5S2/c1-10-16(17(27)24-20-23-13-8-7-11(26(29)30)9-15(13)32-20)33-19(21-10)25-18(28)22-12-5-3-4-6-14(12)31-2/h3-9H,1-2H3,(H,23,24,27)(H2,21,22,25,28). The fraction of sp³-hybridized carbons (Fsp3) is 0.100. The summed E-state index contributed by atoms with van der Waals surface area (Å²) in [6.07, 6.45) is 0. The smallest absolute Gasteiger partial charge is 0.325 e. The van der Waals surface area contributed by atoms with Crippen molar-refractivity contribution >= 4 is 66.5 Å². The van der Waals surface area contributed by atoms with Gasteiger partial charge in [-0.25, -0.2) is 14.8 Å². The average molecular weight is 485 g/mol. The fourth-order valence-corrected chi connectivity index (χ4v) is 4.64. The number of aryl methyl sites for hydroxylation is 1. The number of urea groups is 1. The lowest BCUT2D eigenvalue weighted by Gasteiger charge is -2.09. The fourth-order valence-electron chi connectivity index (χ4n) is 2.89. The van der Waals surface area contributed by atoms with E-state index >= 15 is 0 Å². The molecule has 3 N–H and O–H groups in total. The first-order valence-electron chi connectivity index (χ1n) is 9.39. The third-order valence-corrected chi connectivity index (χ3v) is 6.39. The van der Waals surface area contributed by atoms with Crippen LogP contribution >= 0.6 is 22.7 Å². The van der Waals surface area contributed by atoms with E-state index in [0.717, 1.165) is 22.7 Å². The number of non-ortho nitro benzene ring substituents is 1. The van der Waals surface area contributed by atoms with E-state index in [1.54, 1.807) is 31.2 Å². The molecule has 168 valence electrons. The second-order valence-electron chi connectivity index (χ2n) is 6.60. The number of para-hydroxylation sites is 2. The molecule has 13 heteroatoms. The lowest BCUT2D eigenvalue weighted by molar-refractivity contribution is -0.384. The highest BCUT2D eigenvalue weighted by atomic mass is 32.1. The number of methoxy groups -OCH3 is 1. The van der Waals surface area contributed by atoms with Crippen molar-refractivity contribution in [2.45, 2.75) is 6.92 Å². The van der Waals surface area contributed by atoms with Crippen molar-refractivity contribution in [3.8, 4) is 5.75 Å². The number of carbonyl (C=O) groups excluding carboxylic acids is 2. The summed E-state index contributed by atoms with van der Waals surface area (Å²) in [5.74, 6) is 0.0564. The van der Waals surface area contributed by atoms with Crippen molar-refractivity contribution < 1.29 is 19.2 Å². The SMILES string of the molecule is COc1ccccc1NC(=O)Nc1nc(C)c(C(=O)Nc2nc3ccc([N+](=O)[O-])cc3s2)s1. The van der Waals surface area contributed by atoms with Crippen LogP contribution in [0, 0.1) is 17.0 Å². The van der Waals surface area contributed by atoms with E-state index in [-0.39, 0.29) is 10.8 Å². The first-order valence-corrected chi connectivity index (χ1v) is 11.0. The van der Waals surface area contributed by atoms with Crippen LogP contribution in [0.1, 0.15) is 15.4 Å². The average Bonchev–Trinajstić information content (AvgIpc) is 3.35. The Morgan fingerprint density at radius 1 is 1.03 bits per heavy atom. The van der Waals surface area contributed by atoms with Gasteiger partial charge in [0, 0.05) is 12.1 Å². The molecule has 0 bridgehead atoms. The zero-order chi connectivity index (χ0) is 23.5. The molecule has 0 aliphatic carbocycles. The first kappa shape index (κ1) is 22.1. The van der Waals surface area contributed by atoms with Crippen LogP contribution in [-0.4, -0.2) is 33.9 Å². The molecule has 0 atom stereocenters. The maximum Gasteiger partial charge on any atom is 0.325 e. The summed E-state index contributed by atoms with van der Waals surface area (Å²) in [4.78, 5) is 44.3. The van der Waals surface area contributed by atoms with Crippen LogP contribution in [-0.2, 0) is 0 Å². The number of fused-ring (bicyclic) bond motifs is 1. The summed E-state index contributed by atoms with van der Waals surface area (Å²) < 4.78 is 5.78. The van der Waals surface area contributed by atoms with Crippen molar-refractivity contribution in [1.29, 1.82) is 0 Å². The van der Waals surface area contributed by atoms with Gasteiger partial charge in [-0.2, -0.15) is 0 Å². The molecule has 4 rings (SSSR count). The number of aromatic nitrogens is 2. The maximum atomic E-state index is 12.7. The zero-order valence-corrected chi connectivity index (χ0v) is 18.9. The Morgan fingerprint density at radius 3 is 2.55 bits per heavy atom. The van der Waals surface area contributed by atoms with E-state index < -0.39 is 16.9 Å². The van der Waals surface area contributed by atoms with Gasteiger partial charge in [0.05, 0.1) is 33.6 Å². The monoisotopic (exact) mass is 484 g/mol. The molecule has 11 nitrogen and oxygen atoms in total. The van der Waals surface area contributed by atoms with Crippen molar-refractivity contribution in [2.24, 2.45) is 0 Å². The zero-order valence-electron chi connectivity index (χ0n) is 17.2. The molecule has 2 aromatic carbocycles. The van der Waals surface area contributed by atoms with E-state index in [1.807, 2.05) is 0 Å². The third kappa shape index (κ3) is 4.88. The number of rotatable bonds is 6. The van der Waals surface area contributed by atoms with Crippen LogP contribution in [0.5, 0.6) is 5.75 Å². The summed E-state index contributed by atoms with van der Waals surface area (Å²) in [7, 11) is 1.50. The largest absolute Gasteiger partial charge is 0.495 e. The number of nitro benzene ring substituents is 1. The second-order valence-corrected chi connectivity index (χ2v) is 8.62. The predicted molar refractivity (Wildman–Crippen MR) is 127 cm³/mol. The molecule has 3 amide bonds. The second kappa shape index (κ2) is 9.18. The molecule has 0 saturated heterocycles. The quantitative estimate of drug-likeness (QED) is 0.261. The summed E-state index contributed by atoms with van der Waals surface area (Å²) in [6.45, 7) is 1.65. The van der Waals surface area contributed by atoms with Gasteiger partial charge in [0.25, 0.3) is 11.6 Å². The van der Waals surface area contributed by atoms with Crippen LogP contribution < -0.4 is 20.7 Å². The van der Waals surface area contributed by atoms with Gasteiger partial charge in [-0.15, -0.1) is 0 Å². The molecule has 2 aromatic heterocycles. The number of ether oxygens (including phenoxy) is 1. The van der Waals surface area contributed by atoms with E-state index in [4.69, 9.17) is 4.74 Å². The number of amides is 3. The molecule has 0 aliphatic heterocycles. The van der Waals surface area contributed by atoms with Gasteiger partial charge in [-0.1, -0.05) is 34.8 Å². The number of thiazole rings is 2. The number of nitrogens with zero attached hydrogens (tertiary/aromatic N) is 3. The topological polar surface area (TPSA) is 148 Å². The van der Waals surface area contributed by atoms with Crippen LogP contribution in [0.4, 0.5) is 26.4 Å². The number of nitro groups is 1. The number of hydrogen-bond acceptors (Lipinski definition) is 9. The molecule has 4 aromatic rings. The third-order valence-electron chi connectivity index (χ3n) is 4.38. The molecular weight excluding hydrogens is 468 g/mol. The molecule has 0 fully saturated rings. The highest BCUT2D eigenvalue weighted by Gasteiger charge is 2.19. The highest BCUT2D eigenvalue weighted by molar-refractivity contribution is 7.22. The molecule has 0 unspecified atom stereocenters. The summed E-state index contributed by atoms with van der Waals surface area (Å²) in [6, 6.07) is 10.7.